The Hall–Kier alpha value is -1.59. The number of halogens is 1. The fourth-order valence-corrected chi connectivity index (χ4v) is 3.77. The van der Waals surface area contributed by atoms with Gasteiger partial charge in [-0.1, -0.05) is 23.7 Å². The third-order valence-corrected chi connectivity index (χ3v) is 5.19. The van der Waals surface area contributed by atoms with Gasteiger partial charge in [0.1, 0.15) is 0 Å². The van der Waals surface area contributed by atoms with Gasteiger partial charge in [0.05, 0.1) is 11.3 Å². The van der Waals surface area contributed by atoms with Gasteiger partial charge in [-0.15, -0.1) is 0 Å². The molecule has 1 aromatic carbocycles. The Morgan fingerprint density at radius 2 is 2.04 bits per heavy atom. The first-order chi connectivity index (χ1) is 11.0. The molecule has 124 valence electrons. The fourth-order valence-electron chi connectivity index (χ4n) is 3.58. The van der Waals surface area contributed by atoms with E-state index < -0.39 is 17.3 Å². The predicted molar refractivity (Wildman–Crippen MR) is 85.5 cm³/mol. The summed E-state index contributed by atoms with van der Waals surface area (Å²) in [7, 11) is 0. The van der Waals surface area contributed by atoms with Gasteiger partial charge in [-0.05, 0) is 37.0 Å². The minimum atomic E-state index is -0.830. The number of ether oxygens (including phenoxy) is 1. The van der Waals surface area contributed by atoms with Gasteiger partial charge in [-0.3, -0.25) is 9.59 Å². The summed E-state index contributed by atoms with van der Waals surface area (Å²) in [5.41, 5.74) is 0.244. The fraction of sp³-hybridized carbons (Fsp3) is 0.529. The molecule has 2 heterocycles. The van der Waals surface area contributed by atoms with E-state index in [1.807, 2.05) is 18.2 Å². The SMILES string of the molecule is O=C(O)[C@@H]1CCN(C(=O)C2(c3cccc(Cl)c3)CCOCC2)C1. The van der Waals surface area contributed by atoms with Crippen LogP contribution < -0.4 is 0 Å². The molecule has 3 rings (SSSR count). The summed E-state index contributed by atoms with van der Waals surface area (Å²) in [6, 6.07) is 7.42. The van der Waals surface area contributed by atoms with Gasteiger partial charge in [0.15, 0.2) is 0 Å². The maximum atomic E-state index is 13.2. The number of likely N-dealkylation sites (tertiary alicyclic amines) is 1. The number of hydrogen-bond donors (Lipinski definition) is 1. The second-order valence-electron chi connectivity index (χ2n) is 6.28. The van der Waals surface area contributed by atoms with Crippen molar-refractivity contribution in [2.24, 2.45) is 5.92 Å². The van der Waals surface area contributed by atoms with Gasteiger partial charge in [-0.2, -0.15) is 0 Å². The molecule has 2 aliphatic heterocycles. The van der Waals surface area contributed by atoms with Crippen LogP contribution in [0.15, 0.2) is 24.3 Å². The number of amides is 1. The van der Waals surface area contributed by atoms with Gasteiger partial charge in [0, 0.05) is 31.3 Å². The van der Waals surface area contributed by atoms with Gasteiger partial charge in [0.25, 0.3) is 0 Å². The molecular formula is C17H20ClNO4. The van der Waals surface area contributed by atoms with Crippen molar-refractivity contribution in [2.45, 2.75) is 24.7 Å². The quantitative estimate of drug-likeness (QED) is 0.919. The van der Waals surface area contributed by atoms with E-state index in [9.17, 15) is 9.59 Å². The first-order valence-corrected chi connectivity index (χ1v) is 8.27. The van der Waals surface area contributed by atoms with E-state index in [-0.39, 0.29) is 12.5 Å². The Labute approximate surface area is 140 Å². The van der Waals surface area contributed by atoms with Crippen LogP contribution in [0, 0.1) is 5.92 Å². The van der Waals surface area contributed by atoms with Crippen molar-refractivity contribution in [1.82, 2.24) is 4.90 Å². The highest BCUT2D eigenvalue weighted by molar-refractivity contribution is 6.30. The predicted octanol–water partition coefficient (Wildman–Crippen LogP) is 2.32. The Morgan fingerprint density at radius 1 is 1.30 bits per heavy atom. The van der Waals surface area contributed by atoms with E-state index in [1.165, 1.54) is 0 Å². The number of carbonyl (C=O) groups is 2. The highest BCUT2D eigenvalue weighted by atomic mass is 35.5. The molecule has 0 radical (unpaired) electrons. The van der Waals surface area contributed by atoms with E-state index in [0.29, 0.717) is 44.0 Å². The summed E-state index contributed by atoms with van der Waals surface area (Å²) < 4.78 is 5.45. The van der Waals surface area contributed by atoms with Gasteiger partial charge in [-0.25, -0.2) is 0 Å². The summed E-state index contributed by atoms with van der Waals surface area (Å²) in [6.07, 6.45) is 1.71. The summed E-state index contributed by atoms with van der Waals surface area (Å²) >= 11 is 6.12. The number of carbonyl (C=O) groups excluding carboxylic acids is 1. The van der Waals surface area contributed by atoms with Gasteiger partial charge >= 0.3 is 5.97 Å². The number of carboxylic acid groups (broad SMARTS) is 1. The minimum absolute atomic E-state index is 0.00631. The molecule has 0 saturated carbocycles. The third kappa shape index (κ3) is 3.08. The molecule has 2 saturated heterocycles. The van der Waals surface area contributed by atoms with E-state index in [1.54, 1.807) is 11.0 Å². The molecule has 1 amide bonds. The molecular weight excluding hydrogens is 318 g/mol. The van der Waals surface area contributed by atoms with E-state index in [4.69, 9.17) is 21.4 Å². The molecule has 0 unspecified atom stereocenters. The Balaban J connectivity index is 1.90. The van der Waals surface area contributed by atoms with Gasteiger partial charge < -0.3 is 14.7 Å². The molecule has 2 fully saturated rings. The largest absolute Gasteiger partial charge is 0.481 e. The van der Waals surface area contributed by atoms with Crippen LogP contribution in [0.25, 0.3) is 0 Å². The lowest BCUT2D eigenvalue weighted by molar-refractivity contribution is -0.143. The van der Waals surface area contributed by atoms with Crippen molar-refractivity contribution < 1.29 is 19.4 Å². The van der Waals surface area contributed by atoms with Crippen LogP contribution in [0.4, 0.5) is 0 Å². The highest BCUT2D eigenvalue weighted by Gasteiger charge is 2.46. The molecule has 5 nitrogen and oxygen atoms in total. The number of carboxylic acids is 1. The minimum Gasteiger partial charge on any atom is -0.481 e. The first-order valence-electron chi connectivity index (χ1n) is 7.89. The van der Waals surface area contributed by atoms with Crippen LogP contribution in [0.3, 0.4) is 0 Å². The molecule has 0 spiro atoms. The normalized spacial score (nSPS) is 23.7. The second kappa shape index (κ2) is 6.49. The average molecular weight is 338 g/mol. The molecule has 23 heavy (non-hydrogen) atoms. The zero-order valence-corrected chi connectivity index (χ0v) is 13.6. The number of benzene rings is 1. The summed E-state index contributed by atoms with van der Waals surface area (Å²) in [6.45, 7) is 1.83. The Bertz CT molecular complexity index is 612. The second-order valence-corrected chi connectivity index (χ2v) is 6.72. The lowest BCUT2D eigenvalue weighted by Crippen LogP contribution is -2.49. The van der Waals surface area contributed by atoms with E-state index in [0.717, 1.165) is 5.56 Å². The Morgan fingerprint density at radius 3 is 2.65 bits per heavy atom. The molecule has 0 bridgehead atoms. The summed E-state index contributed by atoms with van der Waals surface area (Å²) in [4.78, 5) is 26.1. The first kappa shape index (κ1) is 16.3. The summed E-state index contributed by atoms with van der Waals surface area (Å²) in [5, 5.41) is 9.77. The molecule has 2 aliphatic rings. The number of nitrogens with zero attached hydrogens (tertiary/aromatic N) is 1. The van der Waals surface area contributed by atoms with E-state index >= 15 is 0 Å². The molecule has 1 N–H and O–H groups in total. The highest BCUT2D eigenvalue weighted by Crippen LogP contribution is 2.39. The Kier molecular flexibility index (Phi) is 4.60. The zero-order chi connectivity index (χ0) is 16.4. The van der Waals surface area contributed by atoms with Crippen LogP contribution in [-0.4, -0.2) is 48.2 Å². The summed E-state index contributed by atoms with van der Waals surface area (Å²) in [5.74, 6) is -1.29. The van der Waals surface area contributed by atoms with Gasteiger partial charge in [0.2, 0.25) is 5.91 Å². The maximum Gasteiger partial charge on any atom is 0.308 e. The lowest BCUT2D eigenvalue weighted by Gasteiger charge is -2.39. The number of aliphatic carboxylic acids is 1. The van der Waals surface area contributed by atoms with Crippen molar-refractivity contribution >= 4 is 23.5 Å². The van der Waals surface area contributed by atoms with Crippen LogP contribution in [0.2, 0.25) is 5.02 Å². The smallest absolute Gasteiger partial charge is 0.308 e. The van der Waals surface area contributed by atoms with Crippen LogP contribution >= 0.6 is 11.6 Å². The maximum absolute atomic E-state index is 13.2. The average Bonchev–Trinajstić information content (AvgIpc) is 3.05. The number of rotatable bonds is 3. The third-order valence-electron chi connectivity index (χ3n) is 4.96. The van der Waals surface area contributed by atoms with Crippen molar-refractivity contribution in [3.05, 3.63) is 34.9 Å². The van der Waals surface area contributed by atoms with Crippen LogP contribution in [0.1, 0.15) is 24.8 Å². The standard InChI is InChI=1S/C17H20ClNO4/c18-14-3-1-2-13(10-14)17(5-8-23-9-6-17)16(22)19-7-4-12(11-19)15(20)21/h1-3,10,12H,4-9,11H2,(H,20,21)/t12-/m1/s1. The topological polar surface area (TPSA) is 66.8 Å². The van der Waals surface area contributed by atoms with E-state index in [2.05, 4.69) is 0 Å². The lowest BCUT2D eigenvalue weighted by atomic mass is 9.73. The molecule has 0 aliphatic carbocycles. The zero-order valence-electron chi connectivity index (χ0n) is 12.8. The van der Waals surface area contributed by atoms with Crippen molar-refractivity contribution in [2.75, 3.05) is 26.3 Å². The van der Waals surface area contributed by atoms with Crippen molar-refractivity contribution in [3.8, 4) is 0 Å². The van der Waals surface area contributed by atoms with Crippen LogP contribution in [0.5, 0.6) is 0 Å². The molecule has 1 atom stereocenters. The molecule has 0 aromatic heterocycles. The van der Waals surface area contributed by atoms with Crippen molar-refractivity contribution in [1.29, 1.82) is 0 Å². The molecule has 6 heteroatoms. The van der Waals surface area contributed by atoms with Crippen molar-refractivity contribution in [3.63, 3.8) is 0 Å². The van der Waals surface area contributed by atoms with Crippen LogP contribution in [-0.2, 0) is 19.7 Å². The monoisotopic (exact) mass is 337 g/mol. The molecule has 1 aromatic rings. The number of hydrogen-bond acceptors (Lipinski definition) is 3.